The van der Waals surface area contributed by atoms with Gasteiger partial charge in [0.1, 0.15) is 6.61 Å². The molecule has 2 aromatic carbocycles. The molecular weight excluding hydrogens is 408 g/mol. The Bertz CT molecular complexity index is 858. The molecule has 144 valence electrons. The molecule has 0 heterocycles. The van der Waals surface area contributed by atoms with Gasteiger partial charge in [-0.2, -0.15) is 13.2 Å². The van der Waals surface area contributed by atoms with Gasteiger partial charge in [-0.05, 0) is 35.9 Å². The second-order valence-corrected chi connectivity index (χ2v) is 6.13. The van der Waals surface area contributed by atoms with E-state index in [1.54, 1.807) is 0 Å². The van der Waals surface area contributed by atoms with E-state index in [-0.39, 0.29) is 23.0 Å². The maximum absolute atomic E-state index is 12.1. The summed E-state index contributed by atoms with van der Waals surface area (Å²) in [5.74, 6) is -0.990. The maximum atomic E-state index is 12.1. The number of alkyl halides is 3. The van der Waals surface area contributed by atoms with E-state index in [9.17, 15) is 18.0 Å². The summed E-state index contributed by atoms with van der Waals surface area (Å²) in [6.07, 6.45) is -4.42. The fourth-order valence-electron chi connectivity index (χ4n) is 1.96. The number of rotatable bonds is 6. The number of hydrogen-bond donors (Lipinski definition) is 1. The summed E-state index contributed by atoms with van der Waals surface area (Å²) in [5, 5.41) is 4.15. The van der Waals surface area contributed by atoms with Gasteiger partial charge in [0.05, 0.1) is 17.2 Å². The van der Waals surface area contributed by atoms with Gasteiger partial charge in [-0.15, -0.1) is 0 Å². The first kappa shape index (κ1) is 21.0. The fraction of sp³-hybridized carbons (Fsp3) is 0.176. The van der Waals surface area contributed by atoms with Crippen LogP contribution in [-0.2, 0) is 16.2 Å². The van der Waals surface area contributed by atoms with Crippen LogP contribution in [0.2, 0.25) is 10.0 Å². The lowest BCUT2D eigenvalue weighted by atomic mass is 10.1. The van der Waals surface area contributed by atoms with Crippen molar-refractivity contribution in [3.05, 3.63) is 69.2 Å². The molecule has 2 N–H and O–H groups in total. The lowest BCUT2D eigenvalue weighted by Gasteiger charge is -2.08. The number of amidine groups is 1. The van der Waals surface area contributed by atoms with E-state index in [1.807, 2.05) is 0 Å². The molecule has 0 aliphatic carbocycles. The van der Waals surface area contributed by atoms with Gasteiger partial charge in [0, 0.05) is 10.6 Å². The van der Waals surface area contributed by atoms with Crippen LogP contribution in [0.5, 0.6) is 0 Å². The Morgan fingerprint density at radius 2 is 1.89 bits per heavy atom. The predicted molar refractivity (Wildman–Crippen MR) is 94.8 cm³/mol. The van der Waals surface area contributed by atoms with Gasteiger partial charge in [0.2, 0.25) is 0 Å². The average Bonchev–Trinajstić information content (AvgIpc) is 2.58. The van der Waals surface area contributed by atoms with Crippen molar-refractivity contribution < 1.29 is 27.5 Å². The van der Waals surface area contributed by atoms with Crippen LogP contribution in [0.25, 0.3) is 0 Å². The van der Waals surface area contributed by atoms with Crippen molar-refractivity contribution >= 4 is 35.0 Å². The third kappa shape index (κ3) is 6.74. The lowest BCUT2D eigenvalue weighted by Crippen LogP contribution is -2.17. The van der Waals surface area contributed by atoms with Crippen LogP contribution in [0.3, 0.4) is 0 Å². The number of benzene rings is 2. The molecule has 5 nitrogen and oxygen atoms in total. The minimum Gasteiger partial charge on any atom is -0.380 e. The SMILES string of the molecule is N/C(=N\OC(=O)c1cccc(COCC(F)(F)F)c1)c1ccc(Cl)cc1Cl. The number of oxime groups is 1. The van der Waals surface area contributed by atoms with E-state index in [0.717, 1.165) is 0 Å². The molecule has 2 rings (SSSR count). The molecule has 0 aromatic heterocycles. The van der Waals surface area contributed by atoms with Gasteiger partial charge in [-0.25, -0.2) is 4.79 Å². The lowest BCUT2D eigenvalue weighted by molar-refractivity contribution is -0.176. The van der Waals surface area contributed by atoms with E-state index in [4.69, 9.17) is 33.8 Å². The number of nitrogens with zero attached hydrogens (tertiary/aromatic N) is 1. The molecule has 10 heteroatoms. The number of hydrogen-bond acceptors (Lipinski definition) is 4. The monoisotopic (exact) mass is 420 g/mol. The summed E-state index contributed by atoms with van der Waals surface area (Å²) >= 11 is 11.8. The molecule has 2 aromatic rings. The number of halogens is 5. The quantitative estimate of drug-likeness (QED) is 0.322. The Labute approximate surface area is 162 Å². The zero-order chi connectivity index (χ0) is 20.0. The molecule has 0 atom stereocenters. The second-order valence-electron chi connectivity index (χ2n) is 5.29. The smallest absolute Gasteiger partial charge is 0.380 e. The molecule has 0 fully saturated rings. The standard InChI is InChI=1S/C17H13Cl2F3N2O3/c18-12-4-5-13(14(19)7-12)15(23)24-27-16(25)11-3-1-2-10(6-11)8-26-9-17(20,21)22/h1-7H,8-9H2,(H2,23,24). The van der Waals surface area contributed by atoms with Gasteiger partial charge < -0.3 is 15.3 Å². The van der Waals surface area contributed by atoms with E-state index in [2.05, 4.69) is 9.89 Å². The second kappa shape index (κ2) is 9.07. The Hall–Kier alpha value is -2.29. The zero-order valence-electron chi connectivity index (χ0n) is 13.6. The third-order valence-corrected chi connectivity index (χ3v) is 3.68. The molecule has 0 radical (unpaired) electrons. The summed E-state index contributed by atoms with van der Waals surface area (Å²) in [6, 6.07) is 10.2. The van der Waals surface area contributed by atoms with E-state index < -0.39 is 18.8 Å². The highest BCUT2D eigenvalue weighted by Crippen LogP contribution is 2.21. The van der Waals surface area contributed by atoms with E-state index in [0.29, 0.717) is 16.1 Å². The van der Waals surface area contributed by atoms with Gasteiger partial charge in [0.15, 0.2) is 5.84 Å². The normalized spacial score (nSPS) is 12.1. The minimum atomic E-state index is -4.42. The highest BCUT2D eigenvalue weighted by Gasteiger charge is 2.27. The van der Waals surface area contributed by atoms with Gasteiger partial charge in [0.25, 0.3) is 0 Å². The Morgan fingerprint density at radius 1 is 1.15 bits per heavy atom. The average molecular weight is 421 g/mol. The molecule has 0 aliphatic heterocycles. The highest BCUT2D eigenvalue weighted by atomic mass is 35.5. The van der Waals surface area contributed by atoms with E-state index in [1.165, 1.54) is 42.5 Å². The van der Waals surface area contributed by atoms with Crippen LogP contribution in [-0.4, -0.2) is 24.6 Å². The molecule has 0 saturated heterocycles. The van der Waals surface area contributed by atoms with Crippen molar-refractivity contribution in [3.8, 4) is 0 Å². The molecule has 0 saturated carbocycles. The van der Waals surface area contributed by atoms with E-state index >= 15 is 0 Å². The molecular formula is C17H13Cl2F3N2O3. The first-order valence-electron chi connectivity index (χ1n) is 7.39. The third-order valence-electron chi connectivity index (χ3n) is 3.13. The number of carbonyl (C=O) groups is 1. The van der Waals surface area contributed by atoms with Crippen LogP contribution in [0.4, 0.5) is 13.2 Å². The van der Waals surface area contributed by atoms with Crippen molar-refractivity contribution in [3.63, 3.8) is 0 Å². The summed E-state index contributed by atoms with van der Waals surface area (Å²) in [5.41, 5.74) is 6.49. The highest BCUT2D eigenvalue weighted by molar-refractivity contribution is 6.36. The first-order valence-corrected chi connectivity index (χ1v) is 8.15. The molecule has 0 spiro atoms. The Morgan fingerprint density at radius 3 is 2.56 bits per heavy atom. The Kier molecular flexibility index (Phi) is 7.06. The van der Waals surface area contributed by atoms with Crippen molar-refractivity contribution in [2.45, 2.75) is 12.8 Å². The predicted octanol–water partition coefficient (Wildman–Crippen LogP) is 4.55. The molecule has 0 amide bonds. The molecule has 27 heavy (non-hydrogen) atoms. The van der Waals surface area contributed by atoms with Crippen LogP contribution >= 0.6 is 23.2 Å². The van der Waals surface area contributed by atoms with Crippen molar-refractivity contribution in [1.82, 2.24) is 0 Å². The molecule has 0 unspecified atom stereocenters. The van der Waals surface area contributed by atoms with Crippen LogP contribution in [0.15, 0.2) is 47.6 Å². The van der Waals surface area contributed by atoms with Gasteiger partial charge >= 0.3 is 12.1 Å². The Balaban J connectivity index is 2.02. The van der Waals surface area contributed by atoms with Crippen LogP contribution < -0.4 is 5.73 Å². The minimum absolute atomic E-state index is 0.0712. The summed E-state index contributed by atoms with van der Waals surface area (Å²) in [7, 11) is 0. The van der Waals surface area contributed by atoms with Crippen LogP contribution in [0, 0.1) is 0 Å². The first-order chi connectivity index (χ1) is 12.7. The summed E-state index contributed by atoms with van der Waals surface area (Å²) < 4.78 is 40.8. The molecule has 0 aliphatic rings. The van der Waals surface area contributed by atoms with Gasteiger partial charge in [-0.1, -0.05) is 40.5 Å². The summed E-state index contributed by atoms with van der Waals surface area (Å²) in [6.45, 7) is -1.70. The van der Waals surface area contributed by atoms with Gasteiger partial charge in [-0.3, -0.25) is 0 Å². The van der Waals surface area contributed by atoms with Crippen molar-refractivity contribution in [1.29, 1.82) is 0 Å². The fourth-order valence-corrected chi connectivity index (χ4v) is 2.47. The number of carbonyl (C=O) groups excluding carboxylic acids is 1. The van der Waals surface area contributed by atoms with Crippen molar-refractivity contribution in [2.75, 3.05) is 6.61 Å². The van der Waals surface area contributed by atoms with Crippen molar-refractivity contribution in [2.24, 2.45) is 10.9 Å². The zero-order valence-corrected chi connectivity index (χ0v) is 15.1. The number of nitrogens with two attached hydrogens (primary N) is 1. The molecule has 0 bridgehead atoms. The largest absolute Gasteiger partial charge is 0.411 e. The number of ether oxygens (including phenoxy) is 1. The maximum Gasteiger partial charge on any atom is 0.411 e. The summed E-state index contributed by atoms with van der Waals surface area (Å²) in [4.78, 5) is 16.8. The van der Waals surface area contributed by atoms with Crippen LogP contribution in [0.1, 0.15) is 21.5 Å². The topological polar surface area (TPSA) is 73.9 Å².